The first kappa shape index (κ1) is 13.7. The maximum Gasteiger partial charge on any atom is 0.209 e. The van der Waals surface area contributed by atoms with Gasteiger partial charge in [-0.25, -0.2) is 4.58 Å². The first-order chi connectivity index (χ1) is 6.87. The smallest absolute Gasteiger partial charge is 0.209 e. The highest BCUT2D eigenvalue weighted by atomic mass is 127. The SMILES string of the molecule is CC1=[N+](C)c2ccc(C)c(C)c2C1(C)C.[I-]. The molecule has 0 spiro atoms. The van der Waals surface area contributed by atoms with E-state index in [4.69, 9.17) is 0 Å². The zero-order chi connectivity index (χ0) is 11.4. The molecule has 1 aromatic rings. The standard InChI is InChI=1S/C14H20N.HI/c1-9-7-8-12-13(10(9)2)14(4,5)11(3)15(12)6;/h7-8H,1-6H3;1H/q+1;/p-1. The third-order valence-corrected chi connectivity index (χ3v) is 4.11. The van der Waals surface area contributed by atoms with E-state index in [1.54, 1.807) is 0 Å². The van der Waals surface area contributed by atoms with Crippen LogP contribution in [0.4, 0.5) is 5.69 Å². The Morgan fingerprint density at radius 3 is 2.19 bits per heavy atom. The molecule has 0 fully saturated rings. The molecule has 1 heterocycles. The van der Waals surface area contributed by atoms with Crippen LogP contribution < -0.4 is 24.0 Å². The van der Waals surface area contributed by atoms with Crippen LogP contribution in [0.5, 0.6) is 0 Å². The van der Waals surface area contributed by atoms with E-state index in [0.717, 1.165) is 0 Å². The topological polar surface area (TPSA) is 3.01 Å². The summed E-state index contributed by atoms with van der Waals surface area (Å²) in [5.74, 6) is 0. The Hall–Kier alpha value is -0.380. The minimum absolute atomic E-state index is 0. The molecule has 0 atom stereocenters. The Morgan fingerprint density at radius 2 is 1.62 bits per heavy atom. The van der Waals surface area contributed by atoms with Crippen molar-refractivity contribution in [3.8, 4) is 0 Å². The number of aryl methyl sites for hydroxylation is 1. The monoisotopic (exact) mass is 329 g/mol. The van der Waals surface area contributed by atoms with Gasteiger partial charge in [0.25, 0.3) is 0 Å². The van der Waals surface area contributed by atoms with Crippen molar-refractivity contribution in [1.82, 2.24) is 0 Å². The summed E-state index contributed by atoms with van der Waals surface area (Å²) in [5.41, 5.74) is 7.33. The molecule has 1 aromatic carbocycles. The number of hydrogen-bond acceptors (Lipinski definition) is 0. The normalized spacial score (nSPS) is 17.1. The second-order valence-electron chi connectivity index (χ2n) is 5.17. The summed E-state index contributed by atoms with van der Waals surface area (Å²) in [4.78, 5) is 0. The maximum absolute atomic E-state index is 2.32. The minimum atomic E-state index is 0. The van der Waals surface area contributed by atoms with Crippen LogP contribution >= 0.6 is 0 Å². The number of hydrogen-bond donors (Lipinski definition) is 0. The van der Waals surface area contributed by atoms with E-state index in [9.17, 15) is 0 Å². The molecule has 0 aliphatic carbocycles. The molecule has 0 amide bonds. The van der Waals surface area contributed by atoms with Gasteiger partial charge in [-0.1, -0.05) is 6.07 Å². The fourth-order valence-corrected chi connectivity index (χ4v) is 2.65. The molecule has 2 rings (SSSR count). The van der Waals surface area contributed by atoms with Gasteiger partial charge in [-0.05, 0) is 38.8 Å². The lowest BCUT2D eigenvalue weighted by Crippen LogP contribution is -3.00. The van der Waals surface area contributed by atoms with Crippen LogP contribution in [0, 0.1) is 13.8 Å². The maximum atomic E-state index is 2.32. The van der Waals surface area contributed by atoms with Gasteiger partial charge in [0.05, 0.1) is 5.41 Å². The van der Waals surface area contributed by atoms with E-state index in [-0.39, 0.29) is 29.4 Å². The third-order valence-electron chi connectivity index (χ3n) is 4.11. The quantitative estimate of drug-likeness (QED) is 0.477. The Kier molecular flexibility index (Phi) is 3.53. The average Bonchev–Trinajstić information content (AvgIpc) is 2.34. The summed E-state index contributed by atoms with van der Waals surface area (Å²) >= 11 is 0. The Balaban J connectivity index is 0.00000128. The Morgan fingerprint density at radius 1 is 1.06 bits per heavy atom. The minimum Gasteiger partial charge on any atom is -1.00 e. The first-order valence-corrected chi connectivity index (χ1v) is 5.56. The average molecular weight is 329 g/mol. The lowest BCUT2D eigenvalue weighted by Gasteiger charge is -2.18. The molecule has 0 N–H and O–H groups in total. The largest absolute Gasteiger partial charge is 1.00 e. The highest BCUT2D eigenvalue weighted by molar-refractivity contribution is 5.93. The molecule has 0 saturated heterocycles. The van der Waals surface area contributed by atoms with E-state index in [2.05, 4.69) is 58.4 Å². The van der Waals surface area contributed by atoms with Crippen molar-refractivity contribution in [3.05, 3.63) is 28.8 Å². The zero-order valence-electron chi connectivity index (χ0n) is 11.0. The van der Waals surface area contributed by atoms with E-state index in [1.807, 2.05) is 0 Å². The van der Waals surface area contributed by atoms with Crippen LogP contribution in [0.15, 0.2) is 12.1 Å². The molecule has 0 radical (unpaired) electrons. The predicted octanol–water partition coefficient (Wildman–Crippen LogP) is 0.333. The van der Waals surface area contributed by atoms with Crippen molar-refractivity contribution < 1.29 is 28.6 Å². The van der Waals surface area contributed by atoms with E-state index < -0.39 is 0 Å². The van der Waals surface area contributed by atoms with Crippen molar-refractivity contribution in [3.63, 3.8) is 0 Å². The van der Waals surface area contributed by atoms with Crippen molar-refractivity contribution in [2.24, 2.45) is 0 Å². The third kappa shape index (κ3) is 1.62. The highest BCUT2D eigenvalue weighted by Crippen LogP contribution is 2.41. The van der Waals surface area contributed by atoms with Crippen molar-refractivity contribution in [2.45, 2.75) is 40.0 Å². The van der Waals surface area contributed by atoms with Crippen LogP contribution in [-0.4, -0.2) is 17.3 Å². The van der Waals surface area contributed by atoms with Gasteiger partial charge in [-0.2, -0.15) is 0 Å². The molecule has 2 heteroatoms. The van der Waals surface area contributed by atoms with Gasteiger partial charge in [0, 0.05) is 18.6 Å². The van der Waals surface area contributed by atoms with Gasteiger partial charge in [0.15, 0.2) is 5.71 Å². The number of rotatable bonds is 0. The fourth-order valence-electron chi connectivity index (χ4n) is 2.65. The van der Waals surface area contributed by atoms with Crippen molar-refractivity contribution in [1.29, 1.82) is 0 Å². The molecular weight excluding hydrogens is 309 g/mol. The lowest BCUT2D eigenvalue weighted by atomic mass is 9.79. The zero-order valence-corrected chi connectivity index (χ0v) is 13.1. The molecule has 1 nitrogen and oxygen atoms in total. The summed E-state index contributed by atoms with van der Waals surface area (Å²) in [5, 5.41) is 0. The molecule has 0 saturated carbocycles. The first-order valence-electron chi connectivity index (χ1n) is 5.56. The second kappa shape index (κ2) is 4.13. The van der Waals surface area contributed by atoms with Gasteiger partial charge < -0.3 is 24.0 Å². The Labute approximate surface area is 116 Å². The van der Waals surface area contributed by atoms with Gasteiger partial charge in [0.2, 0.25) is 5.69 Å². The number of halogens is 1. The van der Waals surface area contributed by atoms with Gasteiger partial charge in [-0.15, -0.1) is 0 Å². The molecular formula is C14H20IN. The molecule has 0 aromatic heterocycles. The van der Waals surface area contributed by atoms with Crippen LogP contribution in [0.1, 0.15) is 37.5 Å². The number of benzene rings is 1. The highest BCUT2D eigenvalue weighted by Gasteiger charge is 2.42. The lowest BCUT2D eigenvalue weighted by molar-refractivity contribution is -0.403. The summed E-state index contributed by atoms with van der Waals surface area (Å²) in [6.07, 6.45) is 0. The van der Waals surface area contributed by atoms with Crippen LogP contribution in [0.25, 0.3) is 0 Å². The molecule has 0 unspecified atom stereocenters. The van der Waals surface area contributed by atoms with Crippen LogP contribution in [0.3, 0.4) is 0 Å². The number of fused-ring (bicyclic) bond motifs is 1. The van der Waals surface area contributed by atoms with Gasteiger partial charge >= 0.3 is 0 Å². The van der Waals surface area contributed by atoms with E-state index >= 15 is 0 Å². The molecule has 0 bridgehead atoms. The molecule has 88 valence electrons. The molecule has 16 heavy (non-hydrogen) atoms. The summed E-state index contributed by atoms with van der Waals surface area (Å²) in [6.45, 7) is 11.3. The van der Waals surface area contributed by atoms with Crippen LogP contribution in [0.2, 0.25) is 0 Å². The summed E-state index contributed by atoms with van der Waals surface area (Å²) in [6, 6.07) is 4.47. The van der Waals surface area contributed by atoms with Gasteiger partial charge in [-0.3, -0.25) is 0 Å². The van der Waals surface area contributed by atoms with E-state index in [0.29, 0.717) is 0 Å². The molecule has 1 aliphatic rings. The Bertz CT molecular complexity index is 470. The predicted molar refractivity (Wildman–Crippen MR) is 65.5 cm³/mol. The van der Waals surface area contributed by atoms with Crippen LogP contribution in [-0.2, 0) is 5.41 Å². The summed E-state index contributed by atoms with van der Waals surface area (Å²) < 4.78 is 2.32. The fraction of sp³-hybridized carbons (Fsp3) is 0.500. The van der Waals surface area contributed by atoms with Crippen molar-refractivity contribution >= 4 is 11.4 Å². The molecule has 1 aliphatic heterocycles. The van der Waals surface area contributed by atoms with E-state index in [1.165, 1.54) is 28.1 Å². The summed E-state index contributed by atoms with van der Waals surface area (Å²) in [7, 11) is 2.16. The number of nitrogens with zero attached hydrogens (tertiary/aromatic N) is 1. The second-order valence-corrected chi connectivity index (χ2v) is 5.17. The van der Waals surface area contributed by atoms with Crippen molar-refractivity contribution in [2.75, 3.05) is 7.05 Å². The van der Waals surface area contributed by atoms with Gasteiger partial charge in [0.1, 0.15) is 7.05 Å².